The lowest BCUT2D eigenvalue weighted by Crippen LogP contribution is -2.44. The van der Waals surface area contributed by atoms with Gasteiger partial charge in [0.1, 0.15) is 5.82 Å². The molecule has 7 nitrogen and oxygen atoms in total. The van der Waals surface area contributed by atoms with Crippen LogP contribution in [0.1, 0.15) is 43.0 Å². The average Bonchev–Trinajstić information content (AvgIpc) is 2.54. The molecule has 2 rings (SSSR count). The van der Waals surface area contributed by atoms with E-state index < -0.39 is 5.97 Å². The van der Waals surface area contributed by atoms with Gasteiger partial charge in [0.05, 0.1) is 12.7 Å². The zero-order valence-electron chi connectivity index (χ0n) is 13.4. The van der Waals surface area contributed by atoms with E-state index in [0.717, 1.165) is 19.3 Å². The maximum atomic E-state index is 12.2. The van der Waals surface area contributed by atoms with Gasteiger partial charge in [-0.05, 0) is 31.4 Å². The Kier molecular flexibility index (Phi) is 5.67. The van der Waals surface area contributed by atoms with E-state index in [9.17, 15) is 14.4 Å². The molecule has 1 aromatic heterocycles. The number of carbonyl (C=O) groups is 3. The highest BCUT2D eigenvalue weighted by Gasteiger charge is 2.26. The molecule has 0 bridgehead atoms. The zero-order valence-corrected chi connectivity index (χ0v) is 13.4. The summed E-state index contributed by atoms with van der Waals surface area (Å²) < 4.78 is 4.63. The van der Waals surface area contributed by atoms with Gasteiger partial charge in [0.25, 0.3) is 0 Å². The number of anilines is 1. The number of rotatable bonds is 4. The number of nitrogens with zero attached hydrogens (tertiary/aromatic N) is 2. The standard InChI is InChI=1S/C16H21N3O4/c1-11(20)19-8-4-3-5-13(19)10-15(21)18-14-9-12(6-7-17-14)16(22)23-2/h6-7,9,13H,3-5,8,10H2,1-2H3,(H,17,18,21). The molecule has 0 radical (unpaired) electrons. The zero-order chi connectivity index (χ0) is 16.8. The van der Waals surface area contributed by atoms with Gasteiger partial charge in [-0.15, -0.1) is 0 Å². The molecule has 1 fully saturated rings. The van der Waals surface area contributed by atoms with Crippen molar-refractivity contribution in [1.82, 2.24) is 9.88 Å². The smallest absolute Gasteiger partial charge is 0.338 e. The van der Waals surface area contributed by atoms with Gasteiger partial charge < -0.3 is 15.0 Å². The number of nitrogens with one attached hydrogen (secondary N) is 1. The number of hydrogen-bond acceptors (Lipinski definition) is 5. The number of esters is 1. The third kappa shape index (κ3) is 4.51. The molecule has 2 heterocycles. The van der Waals surface area contributed by atoms with Gasteiger partial charge in [-0.25, -0.2) is 9.78 Å². The van der Waals surface area contributed by atoms with Crippen LogP contribution in [0.15, 0.2) is 18.3 Å². The molecular weight excluding hydrogens is 298 g/mol. The average molecular weight is 319 g/mol. The number of carbonyl (C=O) groups excluding carboxylic acids is 3. The molecule has 0 aromatic carbocycles. The Bertz CT molecular complexity index is 603. The second kappa shape index (κ2) is 7.71. The van der Waals surface area contributed by atoms with Gasteiger partial charge >= 0.3 is 5.97 Å². The molecule has 0 spiro atoms. The van der Waals surface area contributed by atoms with Gasteiger partial charge in [-0.2, -0.15) is 0 Å². The van der Waals surface area contributed by atoms with Crippen molar-refractivity contribution >= 4 is 23.6 Å². The molecule has 2 amide bonds. The third-order valence-electron chi connectivity index (χ3n) is 3.90. The predicted octanol–water partition coefficient (Wildman–Crippen LogP) is 1.60. The quantitative estimate of drug-likeness (QED) is 0.852. The molecule has 23 heavy (non-hydrogen) atoms. The minimum atomic E-state index is -0.488. The van der Waals surface area contributed by atoms with Crippen molar-refractivity contribution in [3.05, 3.63) is 23.9 Å². The topological polar surface area (TPSA) is 88.6 Å². The number of hydrogen-bond donors (Lipinski definition) is 1. The lowest BCUT2D eigenvalue weighted by Gasteiger charge is -2.34. The summed E-state index contributed by atoms with van der Waals surface area (Å²) in [5, 5.41) is 2.67. The Labute approximate surface area is 135 Å². The lowest BCUT2D eigenvalue weighted by molar-refractivity contribution is -0.133. The van der Waals surface area contributed by atoms with Crippen molar-refractivity contribution in [2.24, 2.45) is 0 Å². The van der Waals surface area contributed by atoms with E-state index in [2.05, 4.69) is 15.0 Å². The number of methoxy groups -OCH3 is 1. The highest BCUT2D eigenvalue weighted by atomic mass is 16.5. The van der Waals surface area contributed by atoms with E-state index in [4.69, 9.17) is 0 Å². The number of amides is 2. The SMILES string of the molecule is COC(=O)c1ccnc(NC(=O)CC2CCCCN2C(C)=O)c1. The molecule has 1 aromatic rings. The fraction of sp³-hybridized carbons (Fsp3) is 0.500. The van der Waals surface area contributed by atoms with Crippen LogP contribution in [0, 0.1) is 0 Å². The summed E-state index contributed by atoms with van der Waals surface area (Å²) in [5.41, 5.74) is 0.320. The normalized spacial score (nSPS) is 17.5. The second-order valence-corrected chi connectivity index (χ2v) is 5.54. The molecule has 1 N–H and O–H groups in total. The molecule has 0 saturated carbocycles. The molecule has 1 atom stereocenters. The summed E-state index contributed by atoms with van der Waals surface area (Å²) in [5.74, 6) is -0.424. The number of ether oxygens (including phenoxy) is 1. The molecule has 1 saturated heterocycles. The fourth-order valence-corrected chi connectivity index (χ4v) is 2.78. The Morgan fingerprint density at radius 1 is 1.39 bits per heavy atom. The van der Waals surface area contributed by atoms with E-state index in [1.807, 2.05) is 0 Å². The number of piperidine rings is 1. The van der Waals surface area contributed by atoms with Crippen LogP contribution in [0.2, 0.25) is 0 Å². The van der Waals surface area contributed by atoms with Crippen molar-refractivity contribution in [2.45, 2.75) is 38.6 Å². The summed E-state index contributed by atoms with van der Waals surface area (Å²) in [4.78, 5) is 41.1. The largest absolute Gasteiger partial charge is 0.465 e. The third-order valence-corrected chi connectivity index (χ3v) is 3.90. The highest BCUT2D eigenvalue weighted by Crippen LogP contribution is 2.20. The maximum Gasteiger partial charge on any atom is 0.338 e. The van der Waals surface area contributed by atoms with E-state index in [1.54, 1.807) is 4.90 Å². The summed E-state index contributed by atoms with van der Waals surface area (Å²) in [6, 6.07) is 2.90. The first kappa shape index (κ1) is 16.9. The van der Waals surface area contributed by atoms with Crippen molar-refractivity contribution in [1.29, 1.82) is 0 Å². The summed E-state index contributed by atoms with van der Waals surface area (Å²) in [6.07, 6.45) is 4.47. The van der Waals surface area contributed by atoms with Gasteiger partial charge in [0, 0.05) is 32.1 Å². The molecule has 0 aliphatic carbocycles. The highest BCUT2D eigenvalue weighted by molar-refractivity contribution is 5.93. The molecule has 1 aliphatic rings. The minimum absolute atomic E-state index is 0.00619. The summed E-state index contributed by atoms with van der Waals surface area (Å²) in [6.45, 7) is 2.22. The molecule has 7 heteroatoms. The Hall–Kier alpha value is -2.44. The van der Waals surface area contributed by atoms with E-state index >= 15 is 0 Å². The van der Waals surface area contributed by atoms with Gasteiger partial charge in [0.2, 0.25) is 11.8 Å². The lowest BCUT2D eigenvalue weighted by atomic mass is 9.99. The van der Waals surface area contributed by atoms with Crippen LogP contribution < -0.4 is 5.32 Å². The van der Waals surface area contributed by atoms with Gasteiger partial charge in [-0.1, -0.05) is 0 Å². The second-order valence-electron chi connectivity index (χ2n) is 5.54. The Morgan fingerprint density at radius 2 is 2.17 bits per heavy atom. The van der Waals surface area contributed by atoms with Crippen LogP contribution in [0.4, 0.5) is 5.82 Å². The molecule has 1 aliphatic heterocycles. The molecular formula is C16H21N3O4. The first-order valence-corrected chi connectivity index (χ1v) is 7.62. The van der Waals surface area contributed by atoms with Crippen molar-refractivity contribution in [3.63, 3.8) is 0 Å². The number of pyridine rings is 1. The predicted molar refractivity (Wildman–Crippen MR) is 83.8 cm³/mol. The first-order valence-electron chi connectivity index (χ1n) is 7.62. The van der Waals surface area contributed by atoms with Crippen LogP contribution in [0.25, 0.3) is 0 Å². The van der Waals surface area contributed by atoms with Crippen molar-refractivity contribution in [2.75, 3.05) is 19.0 Å². The van der Waals surface area contributed by atoms with E-state index in [-0.39, 0.29) is 24.3 Å². The van der Waals surface area contributed by atoms with Crippen molar-refractivity contribution < 1.29 is 19.1 Å². The van der Waals surface area contributed by atoms with E-state index in [1.165, 1.54) is 32.4 Å². The van der Waals surface area contributed by atoms with Crippen LogP contribution in [-0.2, 0) is 14.3 Å². The molecule has 124 valence electrons. The minimum Gasteiger partial charge on any atom is -0.465 e. The summed E-state index contributed by atoms with van der Waals surface area (Å²) >= 11 is 0. The van der Waals surface area contributed by atoms with Crippen LogP contribution >= 0.6 is 0 Å². The summed E-state index contributed by atoms with van der Waals surface area (Å²) in [7, 11) is 1.29. The maximum absolute atomic E-state index is 12.2. The van der Waals surface area contributed by atoms with Crippen LogP contribution in [0.3, 0.4) is 0 Å². The van der Waals surface area contributed by atoms with Crippen LogP contribution in [0.5, 0.6) is 0 Å². The Morgan fingerprint density at radius 3 is 2.87 bits per heavy atom. The van der Waals surface area contributed by atoms with Crippen LogP contribution in [-0.4, -0.2) is 47.4 Å². The van der Waals surface area contributed by atoms with E-state index in [0.29, 0.717) is 17.9 Å². The molecule has 1 unspecified atom stereocenters. The van der Waals surface area contributed by atoms with Gasteiger partial charge in [0.15, 0.2) is 0 Å². The van der Waals surface area contributed by atoms with Crippen molar-refractivity contribution in [3.8, 4) is 0 Å². The number of aromatic nitrogens is 1. The fourth-order valence-electron chi connectivity index (χ4n) is 2.78. The van der Waals surface area contributed by atoms with Gasteiger partial charge in [-0.3, -0.25) is 9.59 Å². The Balaban J connectivity index is 1.99. The number of likely N-dealkylation sites (tertiary alicyclic amines) is 1. The monoisotopic (exact) mass is 319 g/mol. The first-order chi connectivity index (χ1) is 11.0.